The van der Waals surface area contributed by atoms with Gasteiger partial charge in [-0.05, 0) is 116 Å². The third-order valence-electron chi connectivity index (χ3n) is 13.6. The summed E-state index contributed by atoms with van der Waals surface area (Å²) in [5.41, 5.74) is 0. The molecule has 1 rings (SSSR count). The third kappa shape index (κ3) is 44.0. The number of aliphatic carboxylic acids is 1. The molecular weight excluding hydrogens is 997 g/mol. The van der Waals surface area contributed by atoms with Crippen LogP contribution in [0.5, 0.6) is 0 Å². The highest BCUT2D eigenvalue weighted by atomic mass is 16.7. The lowest BCUT2D eigenvalue weighted by Crippen LogP contribution is -2.61. The fourth-order valence-electron chi connectivity index (χ4n) is 8.90. The summed E-state index contributed by atoms with van der Waals surface area (Å²) in [6, 6.07) is 0. The molecular formula is C67H110O12. The first kappa shape index (κ1) is 72.7. The molecule has 0 amide bonds. The van der Waals surface area contributed by atoms with Crippen molar-refractivity contribution in [1.82, 2.24) is 0 Å². The zero-order valence-corrected chi connectivity index (χ0v) is 49.6. The van der Waals surface area contributed by atoms with Gasteiger partial charge in [0.2, 0.25) is 0 Å². The Bertz CT molecular complexity index is 1740. The molecule has 0 aromatic rings. The number of hydrogen-bond donors (Lipinski definition) is 3. The van der Waals surface area contributed by atoms with Crippen LogP contribution in [0.2, 0.25) is 0 Å². The minimum absolute atomic E-state index is 0.0480. The second kappa shape index (κ2) is 54.2. The van der Waals surface area contributed by atoms with Crippen LogP contribution in [0.1, 0.15) is 252 Å². The van der Waals surface area contributed by atoms with Gasteiger partial charge in [-0.1, -0.05) is 214 Å². The molecule has 0 aromatic carbocycles. The molecule has 0 saturated carbocycles. The molecule has 1 saturated heterocycles. The highest BCUT2D eigenvalue weighted by molar-refractivity contribution is 5.74. The van der Waals surface area contributed by atoms with E-state index < -0.39 is 67.3 Å². The van der Waals surface area contributed by atoms with Crippen molar-refractivity contribution in [3.8, 4) is 0 Å². The Hall–Kier alpha value is -4.36. The summed E-state index contributed by atoms with van der Waals surface area (Å²) in [6.45, 7) is 5.72. The lowest BCUT2D eigenvalue weighted by atomic mass is 9.98. The summed E-state index contributed by atoms with van der Waals surface area (Å²) in [4.78, 5) is 51.2. The van der Waals surface area contributed by atoms with Crippen molar-refractivity contribution in [3.63, 3.8) is 0 Å². The second-order valence-electron chi connectivity index (χ2n) is 20.9. The summed E-state index contributed by atoms with van der Waals surface area (Å²) in [5.74, 6) is -3.17. The molecule has 12 nitrogen and oxygen atoms in total. The predicted molar refractivity (Wildman–Crippen MR) is 321 cm³/mol. The van der Waals surface area contributed by atoms with Crippen LogP contribution in [0.25, 0.3) is 0 Å². The van der Waals surface area contributed by atoms with E-state index in [1.54, 1.807) is 0 Å². The standard InChI is InChI=1S/C67H110O12/c1-4-7-10-13-16-19-22-25-28-29-30-31-34-37-40-43-46-49-52-55-61(70)78-65-63(72)62(71)64(66(73)74)79-67(65)76-57-58(77-60(69)54-51-48-45-42-39-36-33-27-24-21-18-15-12-9-6-3)56-75-59(68)53-50-47-44-41-38-35-32-26-23-20-17-14-11-8-5-2/h8-9,11-12,16-21,25-28,32-33,58,62-65,67,71-72H,4-7,10,13-15,22-24,29-31,34-57H2,1-3H3,(H,73,74)/b11-8-,12-9-,19-16-,20-17-,21-18-,28-25-,32-26-,33-27-. The zero-order chi connectivity index (χ0) is 57.5. The van der Waals surface area contributed by atoms with E-state index in [9.17, 15) is 34.5 Å². The molecule has 79 heavy (non-hydrogen) atoms. The number of rotatable bonds is 52. The molecule has 1 fully saturated rings. The SMILES string of the molecule is CC/C=C\C/C=C\C/C=C\CCCCCCCC(=O)OCC(COC1OC(C(=O)O)C(O)C(O)C1OC(=O)CCCCCCCCCCC/C=C\C/C=C\CCCCC)OC(=O)CCCCCCC/C=C\C/C=C\C/C=C\CC. The number of carbonyl (C=O) groups excluding carboxylic acids is 3. The molecule has 3 N–H and O–H groups in total. The summed E-state index contributed by atoms with van der Waals surface area (Å²) in [5, 5.41) is 31.6. The number of aliphatic hydroxyl groups is 2. The molecule has 12 heteroatoms. The maximum atomic E-state index is 13.2. The van der Waals surface area contributed by atoms with Crippen LogP contribution >= 0.6 is 0 Å². The number of hydrogen-bond acceptors (Lipinski definition) is 11. The smallest absolute Gasteiger partial charge is 0.335 e. The maximum absolute atomic E-state index is 13.2. The number of esters is 3. The average molecular weight is 1110 g/mol. The van der Waals surface area contributed by atoms with E-state index in [4.69, 9.17) is 23.7 Å². The normalized spacial score (nSPS) is 18.5. The van der Waals surface area contributed by atoms with Crippen molar-refractivity contribution in [2.75, 3.05) is 13.2 Å². The van der Waals surface area contributed by atoms with E-state index in [0.717, 1.165) is 141 Å². The van der Waals surface area contributed by atoms with Crippen LogP contribution in [0.15, 0.2) is 97.2 Å². The van der Waals surface area contributed by atoms with Crippen LogP contribution in [0, 0.1) is 0 Å². The Morgan fingerprint density at radius 2 is 0.797 bits per heavy atom. The van der Waals surface area contributed by atoms with Crippen molar-refractivity contribution in [2.45, 2.75) is 289 Å². The van der Waals surface area contributed by atoms with Crippen molar-refractivity contribution in [3.05, 3.63) is 97.2 Å². The van der Waals surface area contributed by atoms with Gasteiger partial charge >= 0.3 is 23.9 Å². The Morgan fingerprint density at radius 1 is 0.430 bits per heavy atom. The van der Waals surface area contributed by atoms with Gasteiger partial charge in [0, 0.05) is 19.3 Å². The van der Waals surface area contributed by atoms with Gasteiger partial charge < -0.3 is 39.0 Å². The third-order valence-corrected chi connectivity index (χ3v) is 13.6. The van der Waals surface area contributed by atoms with Crippen LogP contribution in [-0.4, -0.2) is 89.2 Å². The highest BCUT2D eigenvalue weighted by Gasteiger charge is 2.50. The van der Waals surface area contributed by atoms with Crippen LogP contribution in [0.3, 0.4) is 0 Å². The van der Waals surface area contributed by atoms with E-state index >= 15 is 0 Å². The van der Waals surface area contributed by atoms with E-state index in [1.807, 2.05) is 0 Å². The Labute approximate surface area is 479 Å². The molecule has 0 spiro atoms. The van der Waals surface area contributed by atoms with Crippen LogP contribution in [-0.2, 0) is 42.9 Å². The van der Waals surface area contributed by atoms with Gasteiger partial charge in [-0.25, -0.2) is 4.79 Å². The largest absolute Gasteiger partial charge is 0.479 e. The maximum Gasteiger partial charge on any atom is 0.335 e. The van der Waals surface area contributed by atoms with Gasteiger partial charge in [0.15, 0.2) is 24.6 Å². The summed E-state index contributed by atoms with van der Waals surface area (Å²) in [6.07, 6.45) is 59.3. The molecule has 0 aliphatic carbocycles. The monoisotopic (exact) mass is 1110 g/mol. The topological polar surface area (TPSA) is 175 Å². The number of ether oxygens (including phenoxy) is 5. The van der Waals surface area contributed by atoms with E-state index in [0.29, 0.717) is 19.3 Å². The van der Waals surface area contributed by atoms with E-state index in [-0.39, 0.29) is 25.9 Å². The van der Waals surface area contributed by atoms with E-state index in [2.05, 4.69) is 118 Å². The van der Waals surface area contributed by atoms with Crippen molar-refractivity contribution in [2.24, 2.45) is 0 Å². The number of carboxylic acid groups (broad SMARTS) is 1. The molecule has 450 valence electrons. The molecule has 1 heterocycles. The first-order valence-corrected chi connectivity index (χ1v) is 31.2. The molecule has 0 radical (unpaired) electrons. The Kier molecular flexibility index (Phi) is 49.9. The first-order chi connectivity index (χ1) is 38.6. The van der Waals surface area contributed by atoms with Crippen molar-refractivity contribution in [1.29, 1.82) is 0 Å². The summed E-state index contributed by atoms with van der Waals surface area (Å²) in [7, 11) is 0. The highest BCUT2D eigenvalue weighted by Crippen LogP contribution is 2.26. The quantitative estimate of drug-likeness (QED) is 0.0228. The summed E-state index contributed by atoms with van der Waals surface area (Å²) >= 11 is 0. The molecule has 0 aromatic heterocycles. The average Bonchev–Trinajstić information content (AvgIpc) is 3.46. The molecule has 0 bridgehead atoms. The van der Waals surface area contributed by atoms with Gasteiger partial charge in [-0.2, -0.15) is 0 Å². The Balaban J connectivity index is 2.68. The lowest BCUT2D eigenvalue weighted by molar-refractivity contribution is -0.301. The fourth-order valence-corrected chi connectivity index (χ4v) is 8.90. The van der Waals surface area contributed by atoms with E-state index in [1.165, 1.54) is 51.4 Å². The van der Waals surface area contributed by atoms with Crippen molar-refractivity contribution < 1.29 is 58.2 Å². The van der Waals surface area contributed by atoms with Crippen LogP contribution < -0.4 is 0 Å². The molecule has 1 aliphatic heterocycles. The number of carboxylic acids is 1. The van der Waals surface area contributed by atoms with Crippen LogP contribution in [0.4, 0.5) is 0 Å². The minimum Gasteiger partial charge on any atom is -0.479 e. The lowest BCUT2D eigenvalue weighted by Gasteiger charge is -2.40. The Morgan fingerprint density at radius 3 is 1.22 bits per heavy atom. The van der Waals surface area contributed by atoms with Gasteiger partial charge in [0.1, 0.15) is 18.8 Å². The number of carbonyl (C=O) groups is 4. The summed E-state index contributed by atoms with van der Waals surface area (Å²) < 4.78 is 28.5. The first-order valence-electron chi connectivity index (χ1n) is 31.2. The van der Waals surface area contributed by atoms with Gasteiger partial charge in [0.05, 0.1) is 6.61 Å². The molecule has 6 unspecified atom stereocenters. The van der Waals surface area contributed by atoms with Gasteiger partial charge in [0.25, 0.3) is 0 Å². The van der Waals surface area contributed by atoms with Gasteiger partial charge in [-0.15, -0.1) is 0 Å². The zero-order valence-electron chi connectivity index (χ0n) is 49.6. The number of unbranched alkanes of at least 4 members (excludes halogenated alkanes) is 22. The molecule has 1 aliphatic rings. The van der Waals surface area contributed by atoms with Gasteiger partial charge in [-0.3, -0.25) is 14.4 Å². The predicted octanol–water partition coefficient (Wildman–Crippen LogP) is 16.5. The second-order valence-corrected chi connectivity index (χ2v) is 20.9. The minimum atomic E-state index is -1.91. The van der Waals surface area contributed by atoms with Crippen molar-refractivity contribution >= 4 is 23.9 Å². The number of aliphatic hydroxyl groups excluding tert-OH is 2. The number of allylic oxidation sites excluding steroid dienone is 16. The fraction of sp³-hybridized carbons (Fsp3) is 0.701. The molecule has 6 atom stereocenters.